The summed E-state index contributed by atoms with van der Waals surface area (Å²) in [7, 11) is 0. The van der Waals surface area contributed by atoms with Crippen molar-refractivity contribution < 1.29 is 14.3 Å². The predicted molar refractivity (Wildman–Crippen MR) is 139 cm³/mol. The lowest BCUT2D eigenvalue weighted by atomic mass is 9.93. The first kappa shape index (κ1) is 30.3. The minimum atomic E-state index is -0.110. The van der Waals surface area contributed by atoms with E-state index < -0.39 is 0 Å². The van der Waals surface area contributed by atoms with E-state index >= 15 is 0 Å². The second-order valence-corrected chi connectivity index (χ2v) is 11.8. The Morgan fingerprint density at radius 3 is 2.03 bits per heavy atom. The molecule has 1 aliphatic heterocycles. The zero-order chi connectivity index (χ0) is 25.3. The van der Waals surface area contributed by atoms with Crippen LogP contribution in [0.15, 0.2) is 0 Å². The third-order valence-corrected chi connectivity index (χ3v) is 7.02. The van der Waals surface area contributed by atoms with E-state index in [2.05, 4.69) is 51.8 Å². The maximum absolute atomic E-state index is 12.9. The number of hydrogen-bond donors (Lipinski definition) is 1. The molecule has 1 heterocycles. The largest absolute Gasteiger partial charge is 0.376 e. The first-order valence-corrected chi connectivity index (χ1v) is 13.6. The molecule has 0 aromatic rings. The van der Waals surface area contributed by atoms with Crippen LogP contribution in [0.1, 0.15) is 101 Å². The van der Waals surface area contributed by atoms with Crippen molar-refractivity contribution in [1.82, 2.24) is 10.2 Å². The molecule has 0 aromatic heterocycles. The topological polar surface area (TPSA) is 58.6 Å². The van der Waals surface area contributed by atoms with Gasteiger partial charge in [0, 0.05) is 37.1 Å². The van der Waals surface area contributed by atoms with E-state index in [0.717, 1.165) is 38.6 Å². The van der Waals surface area contributed by atoms with Gasteiger partial charge in [0.2, 0.25) is 0 Å². The van der Waals surface area contributed by atoms with Crippen LogP contribution in [0.5, 0.6) is 0 Å². The van der Waals surface area contributed by atoms with Gasteiger partial charge < -0.3 is 10.1 Å². The molecule has 1 N–H and O–H groups in total. The van der Waals surface area contributed by atoms with Gasteiger partial charge in [-0.2, -0.15) is 0 Å². The van der Waals surface area contributed by atoms with Gasteiger partial charge in [-0.3, -0.25) is 14.5 Å². The van der Waals surface area contributed by atoms with Gasteiger partial charge in [-0.15, -0.1) is 0 Å². The number of likely N-dealkylation sites (tertiary alicyclic amines) is 1. The van der Waals surface area contributed by atoms with Crippen LogP contribution in [-0.2, 0) is 14.3 Å². The van der Waals surface area contributed by atoms with Crippen LogP contribution in [0.4, 0.5) is 0 Å². The highest BCUT2D eigenvalue weighted by Gasteiger charge is 2.41. The maximum atomic E-state index is 12.9. The molecule has 0 spiro atoms. The van der Waals surface area contributed by atoms with E-state index in [4.69, 9.17) is 4.74 Å². The van der Waals surface area contributed by atoms with Crippen LogP contribution < -0.4 is 5.32 Å². The number of nitrogens with zero attached hydrogens (tertiary/aromatic N) is 1. The summed E-state index contributed by atoms with van der Waals surface area (Å²) in [4.78, 5) is 27.9. The molecule has 1 rings (SSSR count). The van der Waals surface area contributed by atoms with Crippen molar-refractivity contribution in [3.8, 4) is 0 Å². The van der Waals surface area contributed by atoms with E-state index in [-0.39, 0.29) is 30.0 Å². The Balaban J connectivity index is 2.55. The zero-order valence-corrected chi connectivity index (χ0v) is 23.3. The molecule has 194 valence electrons. The molecule has 0 bridgehead atoms. The molecular weight excluding hydrogens is 412 g/mol. The van der Waals surface area contributed by atoms with Gasteiger partial charge in [0.05, 0.1) is 18.2 Å². The van der Waals surface area contributed by atoms with Gasteiger partial charge in [0.15, 0.2) is 11.6 Å². The number of hydrogen-bond acceptors (Lipinski definition) is 5. The Morgan fingerprint density at radius 2 is 1.52 bits per heavy atom. The standard InChI is InChI=1S/C28H54N2O3/c1-18(2)11-14-24(27(31)19(3)4)29-23(10)13-12-22(9)17-33-25-15-16-30(21(7)8)26(25)28(32)20(5)6/h18-26,29H,11-17H2,1-10H3/t22-,23-,24-,25+,26-/m0/s1. The molecule has 0 aromatic carbocycles. The lowest BCUT2D eigenvalue weighted by Gasteiger charge is -2.31. The second-order valence-electron chi connectivity index (χ2n) is 11.8. The number of carbonyl (C=O) groups excluding carboxylic acids is 2. The van der Waals surface area contributed by atoms with E-state index in [1.165, 1.54) is 0 Å². The summed E-state index contributed by atoms with van der Waals surface area (Å²) in [5.74, 6) is 1.76. The SMILES string of the molecule is CC(C)CC[C@H](N[C@@H](C)CC[C@H](C)CO[C@@H]1CCN(C(C)C)[C@@H]1C(=O)C(C)C)C(=O)C(C)C. The van der Waals surface area contributed by atoms with Crippen LogP contribution in [0.25, 0.3) is 0 Å². The lowest BCUT2D eigenvalue weighted by Crippen LogP contribution is -2.47. The molecule has 0 radical (unpaired) electrons. The van der Waals surface area contributed by atoms with E-state index in [9.17, 15) is 9.59 Å². The van der Waals surface area contributed by atoms with Crippen molar-refractivity contribution in [2.24, 2.45) is 23.7 Å². The normalized spacial score (nSPS) is 22.5. The Morgan fingerprint density at radius 1 is 0.879 bits per heavy atom. The average molecular weight is 467 g/mol. The molecule has 0 amide bonds. The summed E-state index contributed by atoms with van der Waals surface area (Å²) in [5, 5.41) is 3.62. The number of nitrogens with one attached hydrogen (secondary N) is 1. The van der Waals surface area contributed by atoms with E-state index in [0.29, 0.717) is 42.1 Å². The maximum Gasteiger partial charge on any atom is 0.155 e. The third kappa shape index (κ3) is 10.2. The molecule has 0 aliphatic carbocycles. The van der Waals surface area contributed by atoms with Gasteiger partial charge in [0.1, 0.15) is 0 Å². The molecular formula is C28H54N2O3. The highest BCUT2D eigenvalue weighted by Crippen LogP contribution is 2.27. The minimum Gasteiger partial charge on any atom is -0.376 e. The van der Waals surface area contributed by atoms with Crippen molar-refractivity contribution in [3.63, 3.8) is 0 Å². The third-order valence-electron chi connectivity index (χ3n) is 7.02. The summed E-state index contributed by atoms with van der Waals surface area (Å²) >= 11 is 0. The van der Waals surface area contributed by atoms with Crippen molar-refractivity contribution in [2.45, 2.75) is 132 Å². The second kappa shape index (κ2) is 14.6. The number of ether oxygens (including phenoxy) is 1. The fraction of sp³-hybridized carbons (Fsp3) is 0.929. The summed E-state index contributed by atoms with van der Waals surface area (Å²) in [6.07, 6.45) is 4.98. The van der Waals surface area contributed by atoms with E-state index in [1.54, 1.807) is 0 Å². The molecule has 5 nitrogen and oxygen atoms in total. The highest BCUT2D eigenvalue weighted by molar-refractivity contribution is 5.87. The summed E-state index contributed by atoms with van der Waals surface area (Å²) in [5.41, 5.74) is 0. The quantitative estimate of drug-likeness (QED) is 0.325. The van der Waals surface area contributed by atoms with Crippen LogP contribution >= 0.6 is 0 Å². The number of Topliss-reactive ketones (excluding diaryl/α,β-unsaturated/α-hetero) is 2. The molecule has 5 atom stereocenters. The predicted octanol–water partition coefficient (Wildman–Crippen LogP) is 5.50. The smallest absolute Gasteiger partial charge is 0.155 e. The van der Waals surface area contributed by atoms with Crippen molar-refractivity contribution >= 4 is 11.6 Å². The molecule has 1 saturated heterocycles. The van der Waals surface area contributed by atoms with Crippen molar-refractivity contribution in [2.75, 3.05) is 13.2 Å². The summed E-state index contributed by atoms with van der Waals surface area (Å²) < 4.78 is 6.34. The number of rotatable bonds is 16. The first-order chi connectivity index (χ1) is 15.3. The lowest BCUT2D eigenvalue weighted by molar-refractivity contribution is -0.131. The van der Waals surface area contributed by atoms with Crippen molar-refractivity contribution in [1.29, 1.82) is 0 Å². The minimum absolute atomic E-state index is 0.00405. The molecule has 1 aliphatic rings. The Bertz CT molecular complexity index is 588. The van der Waals surface area contributed by atoms with Crippen LogP contribution in [0.2, 0.25) is 0 Å². The molecule has 1 fully saturated rings. The number of carbonyl (C=O) groups is 2. The highest BCUT2D eigenvalue weighted by atomic mass is 16.5. The van der Waals surface area contributed by atoms with Crippen molar-refractivity contribution in [3.05, 3.63) is 0 Å². The monoisotopic (exact) mass is 466 g/mol. The molecule has 0 unspecified atom stereocenters. The first-order valence-electron chi connectivity index (χ1n) is 13.6. The van der Waals surface area contributed by atoms with Gasteiger partial charge in [-0.25, -0.2) is 0 Å². The fourth-order valence-corrected chi connectivity index (χ4v) is 4.77. The Hall–Kier alpha value is -0.780. The fourth-order valence-electron chi connectivity index (χ4n) is 4.77. The van der Waals surface area contributed by atoms with Crippen LogP contribution in [0.3, 0.4) is 0 Å². The van der Waals surface area contributed by atoms with Crippen LogP contribution in [-0.4, -0.2) is 59.9 Å². The molecule has 0 saturated carbocycles. The van der Waals surface area contributed by atoms with Gasteiger partial charge in [0.25, 0.3) is 0 Å². The summed E-state index contributed by atoms with van der Waals surface area (Å²) in [6.45, 7) is 22.8. The Labute approximate surface area is 204 Å². The van der Waals surface area contributed by atoms with Gasteiger partial charge in [-0.1, -0.05) is 48.5 Å². The van der Waals surface area contributed by atoms with Gasteiger partial charge in [-0.05, 0) is 64.7 Å². The zero-order valence-electron chi connectivity index (χ0n) is 23.3. The molecule has 5 heteroatoms. The molecule has 33 heavy (non-hydrogen) atoms. The van der Waals surface area contributed by atoms with Crippen LogP contribution in [0, 0.1) is 23.7 Å². The Kier molecular flexibility index (Phi) is 13.4. The van der Waals surface area contributed by atoms with Gasteiger partial charge >= 0.3 is 0 Å². The van der Waals surface area contributed by atoms with E-state index in [1.807, 2.05) is 27.7 Å². The number of ketones is 2. The average Bonchev–Trinajstić information content (AvgIpc) is 3.16. The summed E-state index contributed by atoms with van der Waals surface area (Å²) in [6, 6.07) is 0.497.